The lowest BCUT2D eigenvalue weighted by atomic mass is 10.3. The molecule has 0 bridgehead atoms. The highest BCUT2D eigenvalue weighted by Crippen LogP contribution is 1.98. The van der Waals surface area contributed by atoms with Crippen LogP contribution >= 0.6 is 0 Å². The molecule has 1 unspecified atom stereocenters. The third-order valence-electron chi connectivity index (χ3n) is 1.58. The quantitative estimate of drug-likeness (QED) is 0.699. The van der Waals surface area contributed by atoms with E-state index >= 15 is 0 Å². The van der Waals surface area contributed by atoms with Crippen LogP contribution in [0.1, 0.15) is 24.0 Å². The van der Waals surface area contributed by atoms with Gasteiger partial charge in [-0.2, -0.15) is 0 Å². The maximum Gasteiger partial charge on any atom is 0.0742 e. The zero-order valence-corrected chi connectivity index (χ0v) is 9.15. The minimum Gasteiger partial charge on any atom is -0.394 e. The summed E-state index contributed by atoms with van der Waals surface area (Å²) in [7, 11) is 0. The monoisotopic (exact) mass is 198 g/mol. The number of nitrogens with zero attached hydrogens (tertiary/aromatic N) is 2. The second kappa shape index (κ2) is 6.45. The smallest absolute Gasteiger partial charge is 0.0742 e. The first-order valence-corrected chi connectivity index (χ1v) is 4.53. The van der Waals surface area contributed by atoms with Gasteiger partial charge in [-0.15, -0.1) is 0 Å². The largest absolute Gasteiger partial charge is 0.394 e. The van der Waals surface area contributed by atoms with Gasteiger partial charge in [-0.05, 0) is 27.7 Å². The molecule has 80 valence electrons. The Bertz CT molecular complexity index is 275. The maximum atomic E-state index is 8.11. The van der Waals surface area contributed by atoms with Crippen LogP contribution in [0.2, 0.25) is 0 Å². The van der Waals surface area contributed by atoms with Crippen LogP contribution in [-0.4, -0.2) is 32.9 Å². The van der Waals surface area contributed by atoms with Gasteiger partial charge in [0, 0.05) is 6.20 Å². The molecule has 14 heavy (non-hydrogen) atoms. The van der Waals surface area contributed by atoms with E-state index in [0.29, 0.717) is 0 Å². The Hall–Kier alpha value is -1.00. The molecule has 0 fully saturated rings. The van der Waals surface area contributed by atoms with Crippen LogP contribution < -0.4 is 0 Å². The van der Waals surface area contributed by atoms with Gasteiger partial charge in [0.25, 0.3) is 0 Å². The Morgan fingerprint density at radius 1 is 1.29 bits per heavy atom. The molecule has 0 aliphatic rings. The molecule has 1 aromatic heterocycles. The third kappa shape index (κ3) is 5.61. The summed E-state index contributed by atoms with van der Waals surface area (Å²) >= 11 is 0. The fourth-order valence-electron chi connectivity index (χ4n) is 0.658. The van der Waals surface area contributed by atoms with Crippen molar-refractivity contribution in [1.82, 2.24) is 9.97 Å². The summed E-state index contributed by atoms with van der Waals surface area (Å²) in [5, 5.41) is 16.0. The summed E-state index contributed by atoms with van der Waals surface area (Å²) in [6, 6.07) is 0. The van der Waals surface area contributed by atoms with Crippen molar-refractivity contribution < 1.29 is 10.2 Å². The SMILES string of the molecule is CC(O)CO.Cc1cnc(C)c(C)n1. The molecule has 0 aliphatic carbocycles. The van der Waals surface area contributed by atoms with Crippen molar-refractivity contribution in [1.29, 1.82) is 0 Å². The molecule has 1 heterocycles. The standard InChI is InChI=1S/C7H10N2.C3H8O2/c1-5-4-8-6(2)7(3)9-5;1-3(5)2-4/h4H,1-3H3;3-5H,2H2,1H3. The molecular weight excluding hydrogens is 180 g/mol. The number of aliphatic hydroxyl groups is 2. The third-order valence-corrected chi connectivity index (χ3v) is 1.58. The van der Waals surface area contributed by atoms with Crippen LogP contribution in [0.4, 0.5) is 0 Å². The number of aryl methyl sites for hydroxylation is 3. The summed E-state index contributed by atoms with van der Waals surface area (Å²) in [5.41, 5.74) is 3.02. The highest BCUT2D eigenvalue weighted by molar-refractivity contribution is 5.09. The zero-order chi connectivity index (χ0) is 11.1. The fourth-order valence-corrected chi connectivity index (χ4v) is 0.658. The zero-order valence-electron chi connectivity index (χ0n) is 9.15. The number of aliphatic hydroxyl groups excluding tert-OH is 2. The van der Waals surface area contributed by atoms with Gasteiger partial charge in [0.1, 0.15) is 0 Å². The van der Waals surface area contributed by atoms with Crippen molar-refractivity contribution in [2.75, 3.05) is 6.61 Å². The summed E-state index contributed by atoms with van der Waals surface area (Å²) in [5.74, 6) is 0. The van der Waals surface area contributed by atoms with Crippen molar-refractivity contribution >= 4 is 0 Å². The molecular formula is C10H18N2O2. The Morgan fingerprint density at radius 2 is 1.79 bits per heavy atom. The van der Waals surface area contributed by atoms with Crippen LogP contribution in [0.5, 0.6) is 0 Å². The molecule has 1 aromatic rings. The minimum absolute atomic E-state index is 0.139. The minimum atomic E-state index is -0.560. The van der Waals surface area contributed by atoms with E-state index in [-0.39, 0.29) is 6.61 Å². The maximum absolute atomic E-state index is 8.11. The lowest BCUT2D eigenvalue weighted by molar-refractivity contribution is 0.110. The van der Waals surface area contributed by atoms with Gasteiger partial charge in [0.2, 0.25) is 0 Å². The second-order valence-corrected chi connectivity index (χ2v) is 3.21. The van der Waals surface area contributed by atoms with Gasteiger partial charge in [-0.3, -0.25) is 9.97 Å². The molecule has 0 amide bonds. The van der Waals surface area contributed by atoms with E-state index in [1.54, 1.807) is 6.20 Å². The average Bonchev–Trinajstić information content (AvgIpc) is 2.13. The summed E-state index contributed by atoms with van der Waals surface area (Å²) in [6.07, 6.45) is 1.22. The van der Waals surface area contributed by atoms with Gasteiger partial charge in [-0.25, -0.2) is 0 Å². The first-order valence-electron chi connectivity index (χ1n) is 4.53. The number of rotatable bonds is 1. The predicted octanol–water partition coefficient (Wildman–Crippen LogP) is 0.761. The molecule has 2 N–H and O–H groups in total. The van der Waals surface area contributed by atoms with E-state index in [4.69, 9.17) is 10.2 Å². The van der Waals surface area contributed by atoms with Crippen LogP contribution in [0.15, 0.2) is 6.20 Å². The van der Waals surface area contributed by atoms with E-state index in [2.05, 4.69) is 9.97 Å². The van der Waals surface area contributed by atoms with Gasteiger partial charge in [-0.1, -0.05) is 0 Å². The Kier molecular flexibility index (Phi) is 5.99. The van der Waals surface area contributed by atoms with Crippen LogP contribution in [0, 0.1) is 20.8 Å². The van der Waals surface area contributed by atoms with Crippen LogP contribution in [0.3, 0.4) is 0 Å². The van der Waals surface area contributed by atoms with Crippen molar-refractivity contribution in [3.63, 3.8) is 0 Å². The Labute approximate surface area is 84.7 Å². The normalized spacial score (nSPS) is 11.6. The molecule has 0 saturated carbocycles. The average molecular weight is 198 g/mol. The number of hydrogen-bond donors (Lipinski definition) is 2. The molecule has 4 heteroatoms. The van der Waals surface area contributed by atoms with Crippen molar-refractivity contribution in [2.45, 2.75) is 33.8 Å². The van der Waals surface area contributed by atoms with E-state index in [1.165, 1.54) is 6.92 Å². The molecule has 0 saturated heterocycles. The molecule has 1 atom stereocenters. The van der Waals surface area contributed by atoms with E-state index in [9.17, 15) is 0 Å². The number of hydrogen-bond acceptors (Lipinski definition) is 4. The predicted molar refractivity (Wildman–Crippen MR) is 55.0 cm³/mol. The van der Waals surface area contributed by atoms with E-state index in [0.717, 1.165) is 17.1 Å². The van der Waals surface area contributed by atoms with Crippen molar-refractivity contribution in [3.05, 3.63) is 23.3 Å². The molecule has 4 nitrogen and oxygen atoms in total. The molecule has 1 rings (SSSR count). The van der Waals surface area contributed by atoms with E-state index < -0.39 is 6.10 Å². The second-order valence-electron chi connectivity index (χ2n) is 3.21. The van der Waals surface area contributed by atoms with Gasteiger partial charge in [0.15, 0.2) is 0 Å². The lowest BCUT2D eigenvalue weighted by Crippen LogP contribution is -2.03. The Morgan fingerprint density at radius 3 is 2.07 bits per heavy atom. The van der Waals surface area contributed by atoms with Gasteiger partial charge >= 0.3 is 0 Å². The summed E-state index contributed by atoms with van der Waals surface area (Å²) in [4.78, 5) is 8.33. The summed E-state index contributed by atoms with van der Waals surface area (Å²) < 4.78 is 0. The van der Waals surface area contributed by atoms with Gasteiger partial charge < -0.3 is 10.2 Å². The van der Waals surface area contributed by atoms with E-state index in [1.807, 2.05) is 20.8 Å². The first-order chi connectivity index (χ1) is 6.47. The molecule has 0 radical (unpaired) electrons. The van der Waals surface area contributed by atoms with Crippen LogP contribution in [-0.2, 0) is 0 Å². The van der Waals surface area contributed by atoms with Gasteiger partial charge in [0.05, 0.1) is 29.8 Å². The highest BCUT2D eigenvalue weighted by atomic mass is 16.3. The summed E-state index contributed by atoms with van der Waals surface area (Å²) in [6.45, 7) is 7.26. The molecule has 0 aliphatic heterocycles. The highest BCUT2D eigenvalue weighted by Gasteiger charge is 1.92. The lowest BCUT2D eigenvalue weighted by Gasteiger charge is -1.96. The molecule has 0 spiro atoms. The van der Waals surface area contributed by atoms with Crippen molar-refractivity contribution in [3.8, 4) is 0 Å². The Balaban J connectivity index is 0.000000292. The molecule has 0 aromatic carbocycles. The first kappa shape index (κ1) is 13.0. The van der Waals surface area contributed by atoms with Crippen molar-refractivity contribution in [2.24, 2.45) is 0 Å². The fraction of sp³-hybridized carbons (Fsp3) is 0.600. The topological polar surface area (TPSA) is 66.2 Å². The number of aromatic nitrogens is 2. The van der Waals surface area contributed by atoms with Crippen LogP contribution in [0.25, 0.3) is 0 Å².